The van der Waals surface area contributed by atoms with E-state index < -0.39 is 0 Å². The molecule has 0 saturated carbocycles. The predicted octanol–water partition coefficient (Wildman–Crippen LogP) is 2.85. The lowest BCUT2D eigenvalue weighted by Gasteiger charge is -2.21. The summed E-state index contributed by atoms with van der Waals surface area (Å²) in [6.07, 6.45) is 0. The molecule has 1 amide bonds. The molecule has 1 aliphatic heterocycles. The van der Waals surface area contributed by atoms with Crippen molar-refractivity contribution in [2.45, 2.75) is 13.5 Å². The Bertz CT molecular complexity index is 746. The summed E-state index contributed by atoms with van der Waals surface area (Å²) in [4.78, 5) is 14.2. The Hall–Kier alpha value is -2.89. The highest BCUT2D eigenvalue weighted by atomic mass is 16.7. The van der Waals surface area contributed by atoms with E-state index in [0.29, 0.717) is 30.3 Å². The zero-order chi connectivity index (χ0) is 17.6. The number of carbonyl (C=O) groups is 1. The molecule has 2 aromatic carbocycles. The monoisotopic (exact) mass is 343 g/mol. The number of hydrogen-bond donors (Lipinski definition) is 0. The SMILES string of the molecule is CCN(Cc1ccc2c(c1)OCO2)C(=O)COc1ccccc1OC. The highest BCUT2D eigenvalue weighted by Gasteiger charge is 2.17. The molecule has 132 valence electrons. The van der Waals surface area contributed by atoms with E-state index in [1.165, 1.54) is 0 Å². The molecule has 0 fully saturated rings. The summed E-state index contributed by atoms with van der Waals surface area (Å²) in [5.74, 6) is 2.52. The van der Waals surface area contributed by atoms with E-state index in [2.05, 4.69) is 0 Å². The normalized spacial score (nSPS) is 11.9. The minimum Gasteiger partial charge on any atom is -0.493 e. The Balaban J connectivity index is 1.61. The van der Waals surface area contributed by atoms with Crippen LogP contribution in [0.15, 0.2) is 42.5 Å². The van der Waals surface area contributed by atoms with Gasteiger partial charge in [0.25, 0.3) is 5.91 Å². The molecule has 1 heterocycles. The molecule has 0 radical (unpaired) electrons. The van der Waals surface area contributed by atoms with Crippen LogP contribution in [0.5, 0.6) is 23.0 Å². The van der Waals surface area contributed by atoms with Gasteiger partial charge in [-0.1, -0.05) is 18.2 Å². The second kappa shape index (κ2) is 7.79. The summed E-state index contributed by atoms with van der Waals surface area (Å²) in [5, 5.41) is 0. The predicted molar refractivity (Wildman–Crippen MR) is 92.1 cm³/mol. The molecule has 1 aliphatic rings. The van der Waals surface area contributed by atoms with Crippen LogP contribution in [-0.4, -0.2) is 37.9 Å². The average Bonchev–Trinajstić information content (AvgIpc) is 3.12. The van der Waals surface area contributed by atoms with Gasteiger partial charge in [0, 0.05) is 13.1 Å². The third-order valence-electron chi connectivity index (χ3n) is 3.97. The van der Waals surface area contributed by atoms with Crippen molar-refractivity contribution in [2.24, 2.45) is 0 Å². The number of likely N-dealkylation sites (N-methyl/N-ethyl adjacent to an activating group) is 1. The van der Waals surface area contributed by atoms with Crippen molar-refractivity contribution in [3.8, 4) is 23.0 Å². The first-order valence-corrected chi connectivity index (χ1v) is 8.13. The third-order valence-corrected chi connectivity index (χ3v) is 3.97. The molecule has 0 atom stereocenters. The van der Waals surface area contributed by atoms with Gasteiger partial charge in [0.2, 0.25) is 6.79 Å². The first-order chi connectivity index (χ1) is 12.2. The molecule has 0 N–H and O–H groups in total. The van der Waals surface area contributed by atoms with Crippen molar-refractivity contribution in [2.75, 3.05) is 27.1 Å². The maximum absolute atomic E-state index is 12.5. The molecule has 6 heteroatoms. The summed E-state index contributed by atoms with van der Waals surface area (Å²) in [5.41, 5.74) is 0.983. The third kappa shape index (κ3) is 3.96. The smallest absolute Gasteiger partial charge is 0.260 e. The lowest BCUT2D eigenvalue weighted by molar-refractivity contribution is -0.133. The number of benzene rings is 2. The van der Waals surface area contributed by atoms with Crippen molar-refractivity contribution >= 4 is 5.91 Å². The van der Waals surface area contributed by atoms with Gasteiger partial charge in [-0.15, -0.1) is 0 Å². The van der Waals surface area contributed by atoms with Crippen molar-refractivity contribution in [1.29, 1.82) is 0 Å². The first kappa shape index (κ1) is 17.0. The summed E-state index contributed by atoms with van der Waals surface area (Å²) in [7, 11) is 1.57. The lowest BCUT2D eigenvalue weighted by Crippen LogP contribution is -2.34. The van der Waals surface area contributed by atoms with Gasteiger partial charge in [-0.25, -0.2) is 0 Å². The highest BCUT2D eigenvalue weighted by Crippen LogP contribution is 2.32. The second-order valence-corrected chi connectivity index (χ2v) is 5.54. The molecule has 0 unspecified atom stereocenters. The summed E-state index contributed by atoms with van der Waals surface area (Å²) in [6, 6.07) is 13.0. The van der Waals surface area contributed by atoms with Gasteiger partial charge in [-0.05, 0) is 36.8 Å². The Kier molecular flexibility index (Phi) is 5.28. The molecule has 0 spiro atoms. The van der Waals surface area contributed by atoms with Gasteiger partial charge >= 0.3 is 0 Å². The van der Waals surface area contributed by atoms with Crippen LogP contribution in [0.1, 0.15) is 12.5 Å². The number of ether oxygens (including phenoxy) is 4. The zero-order valence-corrected chi connectivity index (χ0v) is 14.4. The van der Waals surface area contributed by atoms with E-state index >= 15 is 0 Å². The van der Waals surface area contributed by atoms with E-state index in [1.807, 2.05) is 37.3 Å². The number of hydrogen-bond acceptors (Lipinski definition) is 5. The van der Waals surface area contributed by atoms with Crippen LogP contribution in [0.4, 0.5) is 0 Å². The van der Waals surface area contributed by atoms with Gasteiger partial charge in [-0.2, -0.15) is 0 Å². The van der Waals surface area contributed by atoms with Crippen LogP contribution in [0.25, 0.3) is 0 Å². The molecular weight excluding hydrogens is 322 g/mol. The molecule has 6 nitrogen and oxygen atoms in total. The minimum absolute atomic E-state index is 0.0429. The molecule has 2 aromatic rings. The second-order valence-electron chi connectivity index (χ2n) is 5.54. The summed E-state index contributed by atoms with van der Waals surface area (Å²) >= 11 is 0. The van der Waals surface area contributed by atoms with Crippen LogP contribution in [0.2, 0.25) is 0 Å². The number of methoxy groups -OCH3 is 1. The van der Waals surface area contributed by atoms with Crippen LogP contribution in [0, 0.1) is 0 Å². The molecular formula is C19H21NO5. The highest BCUT2D eigenvalue weighted by molar-refractivity contribution is 5.77. The van der Waals surface area contributed by atoms with Gasteiger partial charge in [-0.3, -0.25) is 4.79 Å². The number of para-hydroxylation sites is 2. The van der Waals surface area contributed by atoms with Crippen molar-refractivity contribution < 1.29 is 23.7 Å². The molecule has 3 rings (SSSR count). The number of fused-ring (bicyclic) bond motifs is 1. The van der Waals surface area contributed by atoms with Gasteiger partial charge in [0.15, 0.2) is 29.6 Å². The number of nitrogens with zero attached hydrogens (tertiary/aromatic N) is 1. The fraction of sp³-hybridized carbons (Fsp3) is 0.316. The number of carbonyl (C=O) groups excluding carboxylic acids is 1. The summed E-state index contributed by atoms with van der Waals surface area (Å²) in [6.45, 7) is 3.21. The molecule has 0 saturated heterocycles. The fourth-order valence-corrected chi connectivity index (χ4v) is 2.60. The van der Waals surface area contributed by atoms with E-state index in [9.17, 15) is 4.79 Å². The quantitative estimate of drug-likeness (QED) is 0.774. The van der Waals surface area contributed by atoms with Gasteiger partial charge in [0.05, 0.1) is 7.11 Å². The average molecular weight is 343 g/mol. The lowest BCUT2D eigenvalue weighted by atomic mass is 10.2. The van der Waals surface area contributed by atoms with Gasteiger partial charge in [0.1, 0.15) is 0 Å². The van der Waals surface area contributed by atoms with Crippen LogP contribution in [0.3, 0.4) is 0 Å². The summed E-state index contributed by atoms with van der Waals surface area (Å²) < 4.78 is 21.5. The maximum Gasteiger partial charge on any atom is 0.260 e. The Morgan fingerprint density at radius 2 is 1.88 bits per heavy atom. The zero-order valence-electron chi connectivity index (χ0n) is 14.4. The van der Waals surface area contributed by atoms with Crippen molar-refractivity contribution in [3.63, 3.8) is 0 Å². The molecule has 25 heavy (non-hydrogen) atoms. The van der Waals surface area contributed by atoms with E-state index in [4.69, 9.17) is 18.9 Å². The van der Waals surface area contributed by atoms with Crippen LogP contribution in [-0.2, 0) is 11.3 Å². The van der Waals surface area contributed by atoms with Crippen LogP contribution >= 0.6 is 0 Å². The molecule has 0 aromatic heterocycles. The van der Waals surface area contributed by atoms with E-state index in [0.717, 1.165) is 11.3 Å². The minimum atomic E-state index is -0.0916. The molecule has 0 aliphatic carbocycles. The molecule has 0 bridgehead atoms. The Morgan fingerprint density at radius 1 is 1.12 bits per heavy atom. The fourth-order valence-electron chi connectivity index (χ4n) is 2.60. The first-order valence-electron chi connectivity index (χ1n) is 8.13. The maximum atomic E-state index is 12.5. The topological polar surface area (TPSA) is 57.2 Å². The van der Waals surface area contributed by atoms with E-state index in [1.54, 1.807) is 24.1 Å². The van der Waals surface area contributed by atoms with Gasteiger partial charge < -0.3 is 23.8 Å². The van der Waals surface area contributed by atoms with Crippen molar-refractivity contribution in [3.05, 3.63) is 48.0 Å². The Morgan fingerprint density at radius 3 is 2.64 bits per heavy atom. The Labute approximate surface area is 146 Å². The standard InChI is InChI=1S/C19H21NO5/c1-3-20(11-14-8-9-17-18(10-14)25-13-24-17)19(21)12-23-16-7-5-4-6-15(16)22-2/h4-10H,3,11-13H2,1-2H3. The van der Waals surface area contributed by atoms with E-state index in [-0.39, 0.29) is 19.3 Å². The van der Waals surface area contributed by atoms with Crippen molar-refractivity contribution in [1.82, 2.24) is 4.90 Å². The largest absolute Gasteiger partial charge is 0.493 e. The number of amides is 1. The number of rotatable bonds is 7. The van der Waals surface area contributed by atoms with Crippen LogP contribution < -0.4 is 18.9 Å².